The van der Waals surface area contributed by atoms with Crippen LogP contribution < -0.4 is 5.32 Å². The van der Waals surface area contributed by atoms with Gasteiger partial charge in [0.25, 0.3) is 5.91 Å². The molecule has 0 radical (unpaired) electrons. The van der Waals surface area contributed by atoms with E-state index in [4.69, 9.17) is 0 Å². The molecule has 1 N–H and O–H groups in total. The van der Waals surface area contributed by atoms with E-state index in [-0.39, 0.29) is 17.7 Å². The second-order valence-electron chi connectivity index (χ2n) is 6.34. The number of carbonyl (C=O) groups excluding carboxylic acids is 2. The Balaban J connectivity index is 1.84. The quantitative estimate of drug-likeness (QED) is 0.730. The molecule has 6 nitrogen and oxygen atoms in total. The molecule has 1 atom stereocenters. The molecule has 1 saturated heterocycles. The number of amides is 2. The molecule has 2 heterocycles. The standard InChI is InChI=1S/C17H28N4O2S/c1-3-5-6-7-10-18-16(22)13-9-8-11-21(12-13)17(23)15-14(4-2)19-20-24-15/h13H,3-12H2,1-2H3,(H,18,22). The highest BCUT2D eigenvalue weighted by Crippen LogP contribution is 2.21. The highest BCUT2D eigenvalue weighted by atomic mass is 32.1. The van der Waals surface area contributed by atoms with E-state index >= 15 is 0 Å². The predicted octanol–water partition coefficient (Wildman–Crippen LogP) is 2.65. The second-order valence-corrected chi connectivity index (χ2v) is 7.10. The summed E-state index contributed by atoms with van der Waals surface area (Å²) in [6.07, 6.45) is 7.02. The third-order valence-electron chi connectivity index (χ3n) is 4.49. The van der Waals surface area contributed by atoms with Crippen molar-refractivity contribution in [3.05, 3.63) is 10.6 Å². The van der Waals surface area contributed by atoms with E-state index < -0.39 is 0 Å². The molecule has 0 bridgehead atoms. The minimum absolute atomic E-state index is 0.0257. The Bertz CT molecular complexity index is 546. The molecular formula is C17H28N4O2S. The lowest BCUT2D eigenvalue weighted by Crippen LogP contribution is -2.45. The van der Waals surface area contributed by atoms with Gasteiger partial charge in [0, 0.05) is 19.6 Å². The van der Waals surface area contributed by atoms with Crippen molar-refractivity contribution >= 4 is 23.3 Å². The molecule has 1 aliphatic heterocycles. The number of aryl methyl sites for hydroxylation is 1. The number of rotatable bonds is 8. The molecular weight excluding hydrogens is 324 g/mol. The van der Waals surface area contributed by atoms with E-state index in [1.165, 1.54) is 12.8 Å². The lowest BCUT2D eigenvalue weighted by atomic mass is 9.96. The molecule has 1 fully saturated rings. The average Bonchev–Trinajstić information content (AvgIpc) is 3.09. The van der Waals surface area contributed by atoms with Crippen molar-refractivity contribution in [1.29, 1.82) is 0 Å². The normalized spacial score (nSPS) is 17.8. The maximum atomic E-state index is 12.7. The summed E-state index contributed by atoms with van der Waals surface area (Å²) in [6, 6.07) is 0. The van der Waals surface area contributed by atoms with Gasteiger partial charge in [-0.2, -0.15) is 0 Å². The molecule has 2 amide bonds. The first-order valence-electron chi connectivity index (χ1n) is 9.05. The molecule has 134 valence electrons. The third-order valence-corrected chi connectivity index (χ3v) is 5.25. The van der Waals surface area contributed by atoms with Gasteiger partial charge in [-0.1, -0.05) is 37.6 Å². The summed E-state index contributed by atoms with van der Waals surface area (Å²) >= 11 is 1.15. The molecule has 1 aromatic heterocycles. The fourth-order valence-corrected chi connectivity index (χ4v) is 3.75. The number of aromatic nitrogens is 2. The first-order valence-corrected chi connectivity index (χ1v) is 9.82. The van der Waals surface area contributed by atoms with E-state index in [1.807, 2.05) is 6.92 Å². The summed E-state index contributed by atoms with van der Waals surface area (Å²) in [6.45, 7) is 6.09. The van der Waals surface area contributed by atoms with Crippen LogP contribution in [-0.4, -0.2) is 45.9 Å². The number of nitrogens with one attached hydrogen (secondary N) is 1. The van der Waals surface area contributed by atoms with Crippen LogP contribution in [0.1, 0.15) is 67.7 Å². The van der Waals surface area contributed by atoms with Crippen molar-refractivity contribution in [3.63, 3.8) is 0 Å². The van der Waals surface area contributed by atoms with Gasteiger partial charge in [-0.25, -0.2) is 0 Å². The van der Waals surface area contributed by atoms with E-state index in [0.29, 0.717) is 24.4 Å². The lowest BCUT2D eigenvalue weighted by Gasteiger charge is -2.31. The van der Waals surface area contributed by atoms with E-state index in [0.717, 1.165) is 49.5 Å². The van der Waals surface area contributed by atoms with Gasteiger partial charge in [0.15, 0.2) is 0 Å². The van der Waals surface area contributed by atoms with Crippen LogP contribution in [0.15, 0.2) is 0 Å². The molecule has 7 heteroatoms. The molecule has 1 aromatic rings. The van der Waals surface area contributed by atoms with Gasteiger partial charge < -0.3 is 10.2 Å². The maximum Gasteiger partial charge on any atom is 0.267 e. The van der Waals surface area contributed by atoms with Crippen molar-refractivity contribution in [1.82, 2.24) is 19.8 Å². The van der Waals surface area contributed by atoms with E-state index in [2.05, 4.69) is 21.8 Å². The number of likely N-dealkylation sites (tertiary alicyclic amines) is 1. The molecule has 1 unspecified atom stereocenters. The Kier molecular flexibility index (Phi) is 7.62. The summed E-state index contributed by atoms with van der Waals surface area (Å²) < 4.78 is 3.89. The molecule has 0 aliphatic carbocycles. The van der Waals surface area contributed by atoms with Crippen molar-refractivity contribution in [2.24, 2.45) is 5.92 Å². The Hall–Kier alpha value is -1.50. The minimum atomic E-state index is -0.0974. The number of hydrogen-bond acceptors (Lipinski definition) is 5. The third kappa shape index (κ3) is 5.00. The number of nitrogens with zero attached hydrogens (tertiary/aromatic N) is 3. The zero-order valence-corrected chi connectivity index (χ0v) is 15.5. The molecule has 24 heavy (non-hydrogen) atoms. The summed E-state index contributed by atoms with van der Waals surface area (Å²) in [5.41, 5.74) is 0.757. The number of hydrogen-bond donors (Lipinski definition) is 1. The largest absolute Gasteiger partial charge is 0.356 e. The van der Waals surface area contributed by atoms with Crippen molar-refractivity contribution < 1.29 is 9.59 Å². The lowest BCUT2D eigenvalue weighted by molar-refractivity contribution is -0.126. The van der Waals surface area contributed by atoms with Crippen LogP contribution in [0, 0.1) is 5.92 Å². The molecule has 0 aromatic carbocycles. The van der Waals surface area contributed by atoms with Gasteiger partial charge in [0.2, 0.25) is 5.91 Å². The van der Waals surface area contributed by atoms with Crippen LogP contribution in [0.3, 0.4) is 0 Å². The fraction of sp³-hybridized carbons (Fsp3) is 0.765. The number of piperidine rings is 1. The van der Waals surface area contributed by atoms with Crippen LogP contribution in [0.4, 0.5) is 0 Å². The van der Waals surface area contributed by atoms with Crippen molar-refractivity contribution in [2.45, 2.75) is 58.8 Å². The zero-order valence-electron chi connectivity index (χ0n) is 14.7. The van der Waals surface area contributed by atoms with E-state index in [1.54, 1.807) is 4.90 Å². The smallest absolute Gasteiger partial charge is 0.267 e. The summed E-state index contributed by atoms with van der Waals surface area (Å²) in [7, 11) is 0. The monoisotopic (exact) mass is 352 g/mol. The van der Waals surface area contributed by atoms with Crippen LogP contribution in [0.5, 0.6) is 0 Å². The van der Waals surface area contributed by atoms with Crippen LogP contribution >= 0.6 is 11.5 Å². The fourth-order valence-electron chi connectivity index (χ4n) is 3.03. The van der Waals surface area contributed by atoms with E-state index in [9.17, 15) is 9.59 Å². The van der Waals surface area contributed by atoms with Crippen LogP contribution in [-0.2, 0) is 11.2 Å². The van der Waals surface area contributed by atoms with Crippen molar-refractivity contribution in [3.8, 4) is 0 Å². The first-order chi connectivity index (χ1) is 11.7. The predicted molar refractivity (Wildman–Crippen MR) is 95.1 cm³/mol. The Labute approximate surface area is 148 Å². The molecule has 2 rings (SSSR count). The van der Waals surface area contributed by atoms with Crippen LogP contribution in [0.25, 0.3) is 0 Å². The van der Waals surface area contributed by atoms with Crippen LogP contribution in [0.2, 0.25) is 0 Å². The Morgan fingerprint density at radius 2 is 2.12 bits per heavy atom. The maximum absolute atomic E-state index is 12.7. The van der Waals surface area contributed by atoms with Gasteiger partial charge >= 0.3 is 0 Å². The summed E-state index contributed by atoms with van der Waals surface area (Å²) in [5, 5.41) is 7.04. The van der Waals surface area contributed by atoms with Gasteiger partial charge in [-0.15, -0.1) is 5.10 Å². The summed E-state index contributed by atoms with van der Waals surface area (Å²) in [5.74, 6) is -0.0377. The summed E-state index contributed by atoms with van der Waals surface area (Å²) in [4.78, 5) is 27.4. The minimum Gasteiger partial charge on any atom is -0.356 e. The van der Waals surface area contributed by atoms with Gasteiger partial charge in [-0.3, -0.25) is 9.59 Å². The Morgan fingerprint density at radius 1 is 1.29 bits per heavy atom. The highest BCUT2D eigenvalue weighted by Gasteiger charge is 2.30. The zero-order chi connectivity index (χ0) is 17.4. The average molecular weight is 353 g/mol. The Morgan fingerprint density at radius 3 is 2.88 bits per heavy atom. The van der Waals surface area contributed by atoms with Gasteiger partial charge in [0.05, 0.1) is 11.6 Å². The van der Waals surface area contributed by atoms with Gasteiger partial charge in [-0.05, 0) is 37.2 Å². The molecule has 1 aliphatic rings. The van der Waals surface area contributed by atoms with Crippen molar-refractivity contribution in [2.75, 3.05) is 19.6 Å². The second kappa shape index (κ2) is 9.71. The molecule has 0 saturated carbocycles. The topological polar surface area (TPSA) is 75.2 Å². The SMILES string of the molecule is CCCCCCNC(=O)C1CCCN(C(=O)c2snnc2CC)C1. The first kappa shape index (κ1) is 18.8. The highest BCUT2D eigenvalue weighted by molar-refractivity contribution is 7.08. The van der Waals surface area contributed by atoms with Gasteiger partial charge in [0.1, 0.15) is 4.88 Å². The molecule has 0 spiro atoms. The number of unbranched alkanes of at least 4 members (excludes halogenated alkanes) is 3. The number of carbonyl (C=O) groups is 2.